The Balaban J connectivity index is 2.01. The summed E-state index contributed by atoms with van der Waals surface area (Å²) < 4.78 is 6.15. The SMILES string of the molecule is C[C@H]1[C@H](C(C)(C)O)[C@@H](CCO)O[C@H]1CCc1ccccc1. The van der Waals surface area contributed by atoms with E-state index in [2.05, 4.69) is 31.2 Å². The van der Waals surface area contributed by atoms with Gasteiger partial charge in [0, 0.05) is 12.5 Å². The van der Waals surface area contributed by atoms with Crippen LogP contribution in [0.4, 0.5) is 0 Å². The van der Waals surface area contributed by atoms with Crippen LogP contribution in [-0.2, 0) is 11.2 Å². The zero-order chi connectivity index (χ0) is 15.5. The maximum Gasteiger partial charge on any atom is 0.0659 e. The van der Waals surface area contributed by atoms with Gasteiger partial charge in [-0.2, -0.15) is 0 Å². The smallest absolute Gasteiger partial charge is 0.0659 e. The van der Waals surface area contributed by atoms with E-state index in [1.807, 2.05) is 19.9 Å². The lowest BCUT2D eigenvalue weighted by Gasteiger charge is -2.32. The minimum Gasteiger partial charge on any atom is -0.396 e. The quantitative estimate of drug-likeness (QED) is 0.847. The topological polar surface area (TPSA) is 49.7 Å². The van der Waals surface area contributed by atoms with Gasteiger partial charge in [0.1, 0.15) is 0 Å². The van der Waals surface area contributed by atoms with Crippen molar-refractivity contribution in [1.82, 2.24) is 0 Å². The van der Waals surface area contributed by atoms with E-state index in [0.717, 1.165) is 12.8 Å². The van der Waals surface area contributed by atoms with E-state index < -0.39 is 5.60 Å². The van der Waals surface area contributed by atoms with Crippen LogP contribution < -0.4 is 0 Å². The molecule has 2 rings (SSSR count). The van der Waals surface area contributed by atoms with Crippen molar-refractivity contribution in [2.45, 2.75) is 57.8 Å². The zero-order valence-corrected chi connectivity index (χ0v) is 13.3. The molecule has 0 aromatic heterocycles. The number of hydrogen-bond acceptors (Lipinski definition) is 3. The lowest BCUT2D eigenvalue weighted by atomic mass is 9.76. The molecule has 0 spiro atoms. The second kappa shape index (κ2) is 6.91. The maximum absolute atomic E-state index is 10.4. The van der Waals surface area contributed by atoms with Gasteiger partial charge in [-0.15, -0.1) is 0 Å². The third-order valence-electron chi connectivity index (χ3n) is 4.69. The van der Waals surface area contributed by atoms with E-state index in [4.69, 9.17) is 4.74 Å². The number of hydrogen-bond donors (Lipinski definition) is 2. The third-order valence-corrected chi connectivity index (χ3v) is 4.69. The molecule has 0 unspecified atom stereocenters. The summed E-state index contributed by atoms with van der Waals surface area (Å²) in [4.78, 5) is 0. The van der Waals surface area contributed by atoms with Crippen molar-refractivity contribution in [3.63, 3.8) is 0 Å². The first kappa shape index (κ1) is 16.5. The van der Waals surface area contributed by atoms with Crippen LogP contribution in [0.3, 0.4) is 0 Å². The van der Waals surface area contributed by atoms with Crippen LogP contribution >= 0.6 is 0 Å². The molecule has 1 heterocycles. The van der Waals surface area contributed by atoms with Crippen molar-refractivity contribution < 1.29 is 14.9 Å². The van der Waals surface area contributed by atoms with Gasteiger partial charge in [-0.25, -0.2) is 0 Å². The van der Waals surface area contributed by atoms with Gasteiger partial charge < -0.3 is 14.9 Å². The van der Waals surface area contributed by atoms with Crippen LogP contribution in [0.2, 0.25) is 0 Å². The molecule has 1 aliphatic heterocycles. The van der Waals surface area contributed by atoms with E-state index >= 15 is 0 Å². The van der Waals surface area contributed by atoms with E-state index in [1.54, 1.807) is 0 Å². The van der Waals surface area contributed by atoms with Gasteiger partial charge in [-0.1, -0.05) is 37.3 Å². The fourth-order valence-corrected chi connectivity index (χ4v) is 3.76. The molecule has 0 radical (unpaired) electrons. The number of aryl methyl sites for hydroxylation is 1. The van der Waals surface area contributed by atoms with Gasteiger partial charge in [-0.3, -0.25) is 0 Å². The highest BCUT2D eigenvalue weighted by molar-refractivity contribution is 5.15. The number of benzene rings is 1. The Morgan fingerprint density at radius 3 is 2.33 bits per heavy atom. The molecular weight excluding hydrogens is 264 g/mol. The van der Waals surface area contributed by atoms with Crippen molar-refractivity contribution in [1.29, 1.82) is 0 Å². The Kier molecular flexibility index (Phi) is 5.42. The highest BCUT2D eigenvalue weighted by Gasteiger charge is 2.47. The average Bonchev–Trinajstić information content (AvgIpc) is 2.74. The summed E-state index contributed by atoms with van der Waals surface area (Å²) in [5.41, 5.74) is 0.541. The van der Waals surface area contributed by atoms with Gasteiger partial charge >= 0.3 is 0 Å². The second-order valence-electron chi connectivity index (χ2n) is 6.79. The van der Waals surface area contributed by atoms with Crippen LogP contribution in [-0.4, -0.2) is 34.6 Å². The standard InChI is InChI=1S/C18H28O3/c1-13-15(10-9-14-7-5-4-6-8-14)21-16(11-12-19)17(13)18(2,3)20/h4-8,13,15-17,19-20H,9-12H2,1-3H3/t13-,15+,16-,17+/m1/s1. The van der Waals surface area contributed by atoms with Crippen LogP contribution in [0.5, 0.6) is 0 Å². The average molecular weight is 292 g/mol. The fourth-order valence-electron chi connectivity index (χ4n) is 3.76. The normalized spacial score (nSPS) is 29.8. The van der Waals surface area contributed by atoms with Crippen molar-refractivity contribution >= 4 is 0 Å². The molecule has 3 heteroatoms. The van der Waals surface area contributed by atoms with Crippen LogP contribution in [0.25, 0.3) is 0 Å². The number of aliphatic hydroxyl groups is 2. The fraction of sp³-hybridized carbons (Fsp3) is 0.667. The first-order valence-electron chi connectivity index (χ1n) is 7.96. The molecule has 1 aliphatic rings. The molecule has 0 amide bonds. The molecule has 1 aromatic rings. The molecular formula is C18H28O3. The molecule has 118 valence electrons. The molecule has 3 nitrogen and oxygen atoms in total. The number of aliphatic hydroxyl groups excluding tert-OH is 1. The molecule has 0 aliphatic carbocycles. The van der Waals surface area contributed by atoms with Crippen molar-refractivity contribution in [2.75, 3.05) is 6.61 Å². The molecule has 1 fully saturated rings. The van der Waals surface area contributed by atoms with Crippen LogP contribution in [0.1, 0.15) is 39.2 Å². The van der Waals surface area contributed by atoms with Gasteiger partial charge in [0.15, 0.2) is 0 Å². The van der Waals surface area contributed by atoms with Crippen molar-refractivity contribution in [3.05, 3.63) is 35.9 Å². The highest BCUT2D eigenvalue weighted by atomic mass is 16.5. The second-order valence-corrected chi connectivity index (χ2v) is 6.79. The summed E-state index contributed by atoms with van der Waals surface area (Å²) >= 11 is 0. The Hall–Kier alpha value is -0.900. The van der Waals surface area contributed by atoms with Crippen molar-refractivity contribution in [2.24, 2.45) is 11.8 Å². The van der Waals surface area contributed by atoms with Gasteiger partial charge in [-0.05, 0) is 44.6 Å². The van der Waals surface area contributed by atoms with Gasteiger partial charge in [0.2, 0.25) is 0 Å². The summed E-state index contributed by atoms with van der Waals surface area (Å²) in [5, 5.41) is 19.7. The largest absolute Gasteiger partial charge is 0.396 e. The van der Waals surface area contributed by atoms with Gasteiger partial charge in [0.25, 0.3) is 0 Å². The van der Waals surface area contributed by atoms with Crippen LogP contribution in [0.15, 0.2) is 30.3 Å². The molecule has 2 N–H and O–H groups in total. The molecule has 21 heavy (non-hydrogen) atoms. The predicted octanol–water partition coefficient (Wildman–Crippen LogP) is 2.79. The lowest BCUT2D eigenvalue weighted by molar-refractivity contribution is -0.0424. The first-order chi connectivity index (χ1) is 9.93. The molecule has 0 bridgehead atoms. The summed E-state index contributed by atoms with van der Waals surface area (Å²) in [7, 11) is 0. The third kappa shape index (κ3) is 4.06. The van der Waals surface area contributed by atoms with Crippen molar-refractivity contribution in [3.8, 4) is 0 Å². The first-order valence-corrected chi connectivity index (χ1v) is 7.96. The minimum absolute atomic E-state index is 0.0502. The minimum atomic E-state index is -0.777. The van der Waals surface area contributed by atoms with E-state index in [9.17, 15) is 10.2 Å². The maximum atomic E-state index is 10.4. The number of rotatable bonds is 6. The number of ether oxygens (including phenoxy) is 1. The summed E-state index contributed by atoms with van der Waals surface area (Å²) in [5.74, 6) is 0.371. The summed E-state index contributed by atoms with van der Waals surface area (Å²) in [6.45, 7) is 5.97. The molecule has 1 saturated heterocycles. The summed E-state index contributed by atoms with van der Waals surface area (Å²) in [6, 6.07) is 10.4. The highest BCUT2D eigenvalue weighted by Crippen LogP contribution is 2.42. The monoisotopic (exact) mass is 292 g/mol. The molecule has 1 aromatic carbocycles. The Labute approximate surface area is 128 Å². The Morgan fingerprint density at radius 2 is 1.76 bits per heavy atom. The van der Waals surface area contributed by atoms with E-state index in [0.29, 0.717) is 12.3 Å². The zero-order valence-electron chi connectivity index (χ0n) is 13.3. The Morgan fingerprint density at radius 1 is 1.10 bits per heavy atom. The molecule has 4 atom stereocenters. The predicted molar refractivity (Wildman–Crippen MR) is 84.1 cm³/mol. The van der Waals surface area contributed by atoms with E-state index in [-0.39, 0.29) is 24.7 Å². The van der Waals surface area contributed by atoms with Crippen LogP contribution in [0, 0.1) is 11.8 Å². The molecule has 0 saturated carbocycles. The van der Waals surface area contributed by atoms with Gasteiger partial charge in [0.05, 0.1) is 17.8 Å². The Bertz CT molecular complexity index is 424. The summed E-state index contributed by atoms with van der Waals surface area (Å²) in [6.07, 6.45) is 2.64. The lowest BCUT2D eigenvalue weighted by Crippen LogP contribution is -2.40. The van der Waals surface area contributed by atoms with E-state index in [1.165, 1.54) is 5.56 Å².